The van der Waals surface area contributed by atoms with E-state index in [-0.39, 0.29) is 17.5 Å². The number of nitrogens with zero attached hydrogens (tertiary/aromatic N) is 2. The molecule has 2 aliphatic rings. The molecular weight excluding hydrogens is 703 g/mol. The van der Waals surface area contributed by atoms with Crippen molar-refractivity contribution in [3.8, 4) is 11.1 Å². The lowest BCUT2D eigenvalue weighted by molar-refractivity contribution is 0.590. The molecule has 3 heterocycles. The first-order valence-corrected chi connectivity index (χ1v) is 20.6. The van der Waals surface area contributed by atoms with Gasteiger partial charge in [0.15, 0.2) is 0 Å². The van der Waals surface area contributed by atoms with Crippen LogP contribution in [0.2, 0.25) is 0 Å². The fraction of sp³-hybridized carbons (Fsp3) is 0.148. The fourth-order valence-electron chi connectivity index (χ4n) is 9.57. The molecule has 8 aromatic carbocycles. The van der Waals surface area contributed by atoms with Gasteiger partial charge in [-0.15, -0.1) is 0 Å². The van der Waals surface area contributed by atoms with Gasteiger partial charge in [0.1, 0.15) is 11.2 Å². The van der Waals surface area contributed by atoms with Crippen LogP contribution < -0.4 is 26.2 Å². The zero-order chi connectivity index (χ0) is 39.5. The van der Waals surface area contributed by atoms with Gasteiger partial charge < -0.3 is 14.2 Å². The monoisotopic (exact) mass is 748 g/mol. The van der Waals surface area contributed by atoms with Crippen LogP contribution in [0.4, 0.5) is 34.1 Å². The summed E-state index contributed by atoms with van der Waals surface area (Å²) in [5.74, 6) is 0. The van der Waals surface area contributed by atoms with Gasteiger partial charge in [0.2, 0.25) is 0 Å². The molecular formula is C54H45BN2O. The van der Waals surface area contributed by atoms with Gasteiger partial charge in [-0.05, 0) is 97.8 Å². The average Bonchev–Trinajstić information content (AvgIpc) is 3.62. The molecule has 0 N–H and O–H groups in total. The molecule has 0 fully saturated rings. The lowest BCUT2D eigenvalue weighted by Crippen LogP contribution is -2.61. The number of anilines is 6. The van der Waals surface area contributed by atoms with Crippen molar-refractivity contribution < 1.29 is 4.42 Å². The Bertz CT molecular complexity index is 3100. The van der Waals surface area contributed by atoms with Crippen molar-refractivity contribution in [3.05, 3.63) is 175 Å². The molecule has 0 radical (unpaired) electrons. The highest BCUT2D eigenvalue weighted by Crippen LogP contribution is 2.47. The predicted molar refractivity (Wildman–Crippen MR) is 248 cm³/mol. The molecule has 3 nitrogen and oxygen atoms in total. The third kappa shape index (κ3) is 5.21. The van der Waals surface area contributed by atoms with Crippen LogP contribution in [0.15, 0.2) is 168 Å². The minimum Gasteiger partial charge on any atom is -0.455 e. The number of fused-ring (bicyclic) bond motifs is 8. The highest BCUT2D eigenvalue weighted by molar-refractivity contribution is 7.00. The molecule has 0 saturated heterocycles. The molecule has 1 aromatic heterocycles. The van der Waals surface area contributed by atoms with E-state index in [0.29, 0.717) is 0 Å². The van der Waals surface area contributed by atoms with E-state index in [2.05, 4.69) is 209 Å². The van der Waals surface area contributed by atoms with Crippen molar-refractivity contribution in [2.75, 3.05) is 9.80 Å². The van der Waals surface area contributed by atoms with Gasteiger partial charge >= 0.3 is 0 Å². The zero-order valence-corrected chi connectivity index (χ0v) is 34.0. The van der Waals surface area contributed by atoms with Crippen LogP contribution >= 0.6 is 0 Å². The van der Waals surface area contributed by atoms with Gasteiger partial charge in [0.25, 0.3) is 6.71 Å². The largest absolute Gasteiger partial charge is 0.455 e. The van der Waals surface area contributed by atoms with Crippen LogP contribution in [-0.4, -0.2) is 6.71 Å². The van der Waals surface area contributed by atoms with Gasteiger partial charge in [0.05, 0.1) is 5.69 Å². The Hall–Kier alpha value is -6.52. The third-order valence-electron chi connectivity index (χ3n) is 12.6. The van der Waals surface area contributed by atoms with Gasteiger partial charge in [0, 0.05) is 50.2 Å². The van der Waals surface area contributed by atoms with Crippen molar-refractivity contribution in [2.24, 2.45) is 0 Å². The van der Waals surface area contributed by atoms with E-state index in [1.165, 1.54) is 66.7 Å². The molecule has 0 spiro atoms. The lowest BCUT2D eigenvalue weighted by Gasteiger charge is -2.45. The number of hydrogen-bond acceptors (Lipinski definition) is 3. The smallest absolute Gasteiger partial charge is 0.252 e. The molecule has 2 aliphatic heterocycles. The molecule has 0 unspecified atom stereocenters. The maximum Gasteiger partial charge on any atom is 0.252 e. The van der Waals surface area contributed by atoms with Crippen LogP contribution in [0, 0.1) is 0 Å². The van der Waals surface area contributed by atoms with Crippen molar-refractivity contribution in [1.82, 2.24) is 0 Å². The molecule has 4 heteroatoms. The number of rotatable bonds is 3. The molecule has 280 valence electrons. The highest BCUT2D eigenvalue weighted by Gasteiger charge is 2.44. The van der Waals surface area contributed by atoms with E-state index in [9.17, 15) is 0 Å². The second kappa shape index (κ2) is 12.5. The van der Waals surface area contributed by atoms with Crippen molar-refractivity contribution in [1.29, 1.82) is 0 Å². The van der Waals surface area contributed by atoms with E-state index in [1.54, 1.807) is 0 Å². The van der Waals surface area contributed by atoms with Crippen LogP contribution in [0.3, 0.4) is 0 Å². The molecule has 0 bridgehead atoms. The molecule has 9 aromatic rings. The number of benzene rings is 8. The summed E-state index contributed by atoms with van der Waals surface area (Å²) in [6.07, 6.45) is 0. The van der Waals surface area contributed by atoms with Crippen molar-refractivity contribution in [3.63, 3.8) is 0 Å². The fourth-order valence-corrected chi connectivity index (χ4v) is 9.57. The summed E-state index contributed by atoms with van der Waals surface area (Å²) in [5, 5.41) is 4.77. The number of furan rings is 1. The Morgan fingerprint density at radius 1 is 0.448 bits per heavy atom. The third-order valence-corrected chi connectivity index (χ3v) is 12.6. The van der Waals surface area contributed by atoms with Gasteiger partial charge in [-0.25, -0.2) is 0 Å². The zero-order valence-electron chi connectivity index (χ0n) is 34.0. The van der Waals surface area contributed by atoms with Crippen molar-refractivity contribution in [2.45, 2.75) is 52.4 Å². The Balaban J connectivity index is 1.15. The molecule has 58 heavy (non-hydrogen) atoms. The van der Waals surface area contributed by atoms with Crippen LogP contribution in [0.5, 0.6) is 0 Å². The number of hydrogen-bond donors (Lipinski definition) is 0. The molecule has 0 aliphatic carbocycles. The lowest BCUT2D eigenvalue weighted by atomic mass is 9.33. The predicted octanol–water partition coefficient (Wildman–Crippen LogP) is 13.1. The summed E-state index contributed by atoms with van der Waals surface area (Å²) in [6, 6.07) is 60.8. The van der Waals surface area contributed by atoms with Crippen LogP contribution in [0.1, 0.15) is 52.7 Å². The molecule has 0 amide bonds. The summed E-state index contributed by atoms with van der Waals surface area (Å²) >= 11 is 0. The van der Waals surface area contributed by atoms with Crippen LogP contribution in [-0.2, 0) is 10.8 Å². The maximum atomic E-state index is 6.48. The molecule has 0 saturated carbocycles. The average molecular weight is 749 g/mol. The quantitative estimate of drug-likeness (QED) is 0.168. The summed E-state index contributed by atoms with van der Waals surface area (Å²) in [5.41, 5.74) is 18.0. The normalized spacial score (nSPS) is 13.6. The summed E-state index contributed by atoms with van der Waals surface area (Å²) < 4.78 is 6.48. The maximum absolute atomic E-state index is 6.48. The van der Waals surface area contributed by atoms with E-state index in [1.807, 2.05) is 6.07 Å². The molecule has 0 atom stereocenters. The van der Waals surface area contributed by atoms with Gasteiger partial charge in [-0.1, -0.05) is 157 Å². The SMILES string of the molecule is CC(C)(C)c1ccc2c(c1)B1c3ccc(C(C)(C)C)cc3N(c3ccc(-c4cccc5c4oc4ccccc45)cc3)c3cccc(c31)N2c1cccc2ccccc12. The van der Waals surface area contributed by atoms with Crippen LogP contribution in [0.25, 0.3) is 43.8 Å². The minimum atomic E-state index is -0.0208. The molecule has 11 rings (SSSR count). The van der Waals surface area contributed by atoms with E-state index in [4.69, 9.17) is 4.42 Å². The Morgan fingerprint density at radius 2 is 1.07 bits per heavy atom. The first kappa shape index (κ1) is 34.7. The Kier molecular flexibility index (Phi) is 7.48. The van der Waals surface area contributed by atoms with E-state index in [0.717, 1.165) is 38.8 Å². The Morgan fingerprint density at radius 3 is 1.86 bits per heavy atom. The Labute approximate surface area is 341 Å². The second-order valence-electron chi connectivity index (χ2n) is 18.2. The summed E-state index contributed by atoms with van der Waals surface area (Å²) in [4.78, 5) is 5.05. The van der Waals surface area contributed by atoms with E-state index < -0.39 is 0 Å². The van der Waals surface area contributed by atoms with Gasteiger partial charge in [-0.3, -0.25) is 0 Å². The first-order valence-electron chi connectivity index (χ1n) is 20.6. The topological polar surface area (TPSA) is 19.6 Å². The van der Waals surface area contributed by atoms with Gasteiger partial charge in [-0.2, -0.15) is 0 Å². The highest BCUT2D eigenvalue weighted by atomic mass is 16.3. The van der Waals surface area contributed by atoms with E-state index >= 15 is 0 Å². The summed E-state index contributed by atoms with van der Waals surface area (Å²) in [6.45, 7) is 14.0. The first-order chi connectivity index (χ1) is 28.0. The standard InChI is InChI=1S/C54H45BN2O/c1-53(2,3)36-27-31-46-44(32-36)55-43-30-26-37(54(4,5)6)33-49(43)56(47-21-13-22-48(51(47)55)57(46)45-20-11-15-34-14-7-8-16-39(34)45)38-28-24-35(25-29-38)40-18-12-19-42-41-17-9-10-23-50(41)58-52(40)42/h7-33H,1-6H3. The second-order valence-corrected chi connectivity index (χ2v) is 18.2. The number of para-hydroxylation sites is 2. The van der Waals surface area contributed by atoms with Crippen molar-refractivity contribution >= 4 is 89.9 Å². The minimum absolute atomic E-state index is 0.00678. The summed E-state index contributed by atoms with van der Waals surface area (Å²) in [7, 11) is 0.